The summed E-state index contributed by atoms with van der Waals surface area (Å²) in [5.41, 5.74) is 7.38. The molecule has 1 atom stereocenters. The molecule has 1 unspecified atom stereocenters. The Bertz CT molecular complexity index is 1660. The Morgan fingerprint density at radius 1 is 1.04 bits per heavy atom. The number of piperazine rings is 1. The van der Waals surface area contributed by atoms with Gasteiger partial charge in [0.2, 0.25) is 6.41 Å². The summed E-state index contributed by atoms with van der Waals surface area (Å²) in [6.07, 6.45) is 19.9. The van der Waals surface area contributed by atoms with Gasteiger partial charge in [-0.15, -0.1) is 0 Å². The first kappa shape index (κ1) is 41.5. The zero-order valence-electron chi connectivity index (χ0n) is 32.1. The number of fused-ring (bicyclic) bond motifs is 2. The predicted octanol–water partition coefficient (Wildman–Crippen LogP) is 7.84. The third-order valence-corrected chi connectivity index (χ3v) is 9.85. The number of hydrogen-bond acceptors (Lipinski definition) is 7. The molecule has 1 saturated heterocycles. The van der Waals surface area contributed by atoms with Gasteiger partial charge in [0, 0.05) is 87.2 Å². The van der Waals surface area contributed by atoms with Crippen LogP contribution in [0.15, 0.2) is 73.6 Å². The largest absolute Gasteiger partial charge is 0.446 e. The van der Waals surface area contributed by atoms with Crippen molar-refractivity contribution in [3.05, 3.63) is 112 Å². The van der Waals surface area contributed by atoms with Crippen LogP contribution in [0.1, 0.15) is 92.9 Å². The van der Waals surface area contributed by atoms with Crippen LogP contribution < -0.4 is 5.32 Å². The molecule has 2 amide bonds. The number of pyridine rings is 2. The van der Waals surface area contributed by atoms with E-state index in [-0.39, 0.29) is 18.2 Å². The van der Waals surface area contributed by atoms with E-state index >= 15 is 0 Å². The first-order chi connectivity index (χ1) is 25.9. The summed E-state index contributed by atoms with van der Waals surface area (Å²) in [6.45, 7) is 12.8. The molecule has 2 aliphatic carbocycles. The molecule has 53 heavy (non-hydrogen) atoms. The van der Waals surface area contributed by atoms with Crippen LogP contribution >= 0.6 is 11.6 Å². The Kier molecular flexibility index (Phi) is 17.8. The van der Waals surface area contributed by atoms with Gasteiger partial charge in [0.25, 0.3) is 0 Å². The number of nitrogens with zero attached hydrogens (tertiary/aromatic N) is 6. The van der Waals surface area contributed by atoms with Gasteiger partial charge in [-0.1, -0.05) is 50.1 Å². The zero-order valence-corrected chi connectivity index (χ0v) is 32.8. The van der Waals surface area contributed by atoms with Crippen LogP contribution in [0.25, 0.3) is 0 Å². The summed E-state index contributed by atoms with van der Waals surface area (Å²) in [6, 6.07) is 14.5. The molecule has 1 N–H and O–H groups in total. The summed E-state index contributed by atoms with van der Waals surface area (Å²) in [5, 5.41) is 4.10. The number of aromatic nitrogens is 4. The number of benzene rings is 1. The number of aryl methyl sites for hydroxylation is 4. The van der Waals surface area contributed by atoms with Crippen LogP contribution in [0.4, 0.5) is 4.79 Å². The highest BCUT2D eigenvalue weighted by atomic mass is 35.5. The maximum Gasteiger partial charge on any atom is 0.410 e. The smallest absolute Gasteiger partial charge is 0.410 e. The Morgan fingerprint density at radius 3 is 2.55 bits per heavy atom. The maximum atomic E-state index is 12.0. The molecule has 1 saturated carbocycles. The highest BCUT2D eigenvalue weighted by molar-refractivity contribution is 6.30. The van der Waals surface area contributed by atoms with E-state index in [1.54, 1.807) is 17.3 Å². The van der Waals surface area contributed by atoms with Crippen LogP contribution in [-0.4, -0.2) is 80.1 Å². The molecule has 7 rings (SSSR count). The first-order valence-corrected chi connectivity index (χ1v) is 19.7. The number of halogens is 1. The molecule has 3 aromatic heterocycles. The summed E-state index contributed by atoms with van der Waals surface area (Å²) in [5.74, 6) is 0. The van der Waals surface area contributed by atoms with Crippen molar-refractivity contribution < 1.29 is 14.3 Å². The molecule has 10 nitrogen and oxygen atoms in total. The Morgan fingerprint density at radius 2 is 1.83 bits per heavy atom. The van der Waals surface area contributed by atoms with Gasteiger partial charge in [-0.05, 0) is 105 Å². The van der Waals surface area contributed by atoms with Gasteiger partial charge < -0.3 is 24.4 Å². The molecule has 0 radical (unpaired) electrons. The number of carbonyl (C=O) groups excluding carboxylic acids is 2. The minimum atomic E-state index is -0.110. The van der Waals surface area contributed by atoms with E-state index in [4.69, 9.17) is 16.3 Å². The second-order valence-electron chi connectivity index (χ2n) is 13.6. The number of nitrogens with one attached hydrogen (secondary N) is 1. The van der Waals surface area contributed by atoms with Crippen LogP contribution in [0.5, 0.6) is 0 Å². The Balaban J connectivity index is 0.000000174. The van der Waals surface area contributed by atoms with Gasteiger partial charge >= 0.3 is 6.09 Å². The monoisotopic (exact) mass is 743 g/mol. The topological polar surface area (TPSA) is 105 Å². The number of hydrogen-bond donors (Lipinski definition) is 1. The lowest BCUT2D eigenvalue weighted by molar-refractivity contribution is -0.118. The van der Waals surface area contributed by atoms with Gasteiger partial charge in [-0.2, -0.15) is 0 Å². The van der Waals surface area contributed by atoms with E-state index in [1.165, 1.54) is 41.6 Å². The zero-order chi connectivity index (χ0) is 37.8. The maximum absolute atomic E-state index is 12.0. The molecule has 11 heteroatoms. The highest BCUT2D eigenvalue weighted by Gasteiger charge is 2.27. The number of imidazole rings is 1. The van der Waals surface area contributed by atoms with E-state index in [9.17, 15) is 9.59 Å². The van der Waals surface area contributed by atoms with Gasteiger partial charge in [0.05, 0.1) is 12.0 Å². The number of amides is 2. The molecular weight excluding hydrogens is 686 g/mol. The molecule has 0 bridgehead atoms. The Labute approximate surface area is 321 Å². The molecule has 4 heterocycles. The second kappa shape index (κ2) is 22.7. The average molecular weight is 744 g/mol. The Hall–Kier alpha value is -4.28. The fourth-order valence-corrected chi connectivity index (χ4v) is 6.95. The molecule has 1 aliphatic heterocycles. The molecule has 0 spiro atoms. The molecule has 4 aromatic rings. The lowest BCUT2D eigenvalue weighted by Crippen LogP contribution is -2.52. The third-order valence-electron chi connectivity index (χ3n) is 9.61. The van der Waals surface area contributed by atoms with E-state index in [1.807, 2.05) is 73.2 Å². The lowest BCUT2D eigenvalue weighted by Gasteiger charge is -2.34. The predicted molar refractivity (Wildman–Crippen MR) is 212 cm³/mol. The molecule has 2 fully saturated rings. The van der Waals surface area contributed by atoms with Crippen molar-refractivity contribution >= 4 is 24.1 Å². The van der Waals surface area contributed by atoms with E-state index in [0.29, 0.717) is 6.54 Å². The quantitative estimate of drug-likeness (QED) is 0.184. The van der Waals surface area contributed by atoms with Crippen LogP contribution in [-0.2, 0) is 41.9 Å². The summed E-state index contributed by atoms with van der Waals surface area (Å²) >= 11 is 6.03. The van der Waals surface area contributed by atoms with Crippen molar-refractivity contribution in [2.45, 2.75) is 111 Å². The average Bonchev–Trinajstić information content (AvgIpc) is 3.52. The van der Waals surface area contributed by atoms with Crippen molar-refractivity contribution in [2.24, 2.45) is 0 Å². The van der Waals surface area contributed by atoms with Gasteiger partial charge in [-0.25, -0.2) is 9.78 Å². The fraction of sp³-hybridized carbons (Fsp3) is 0.500. The van der Waals surface area contributed by atoms with Crippen molar-refractivity contribution in [1.29, 1.82) is 0 Å². The molecule has 3 aliphatic rings. The highest BCUT2D eigenvalue weighted by Crippen LogP contribution is 2.25. The molecular formula is C42H58ClN7O3. The van der Waals surface area contributed by atoms with Crippen LogP contribution in [0.3, 0.4) is 0 Å². The van der Waals surface area contributed by atoms with Crippen LogP contribution in [0, 0.1) is 6.92 Å². The standard InChI is InChI=1S/C14H12ClN.C14H18N4O.C12H22N2O2.C2H6/c15-13-6-5-12-9-14-10(2-1-7-16-14)3-4-11(12)8-13;1-13-9-17(11-16-13)6-3-7-18(12-19)10-14-4-2-5-15-8-14;1-10-9-13-7-8-14(10)12(15)16-11-5-3-2-4-6-11;1-2/h1-2,5-8H,3-4,9H2;2,4-5,8-9,11-12H,3,6-7,10H2,1H3;10-11,13H,2-9H2,1H3;1-2H3. The van der Waals surface area contributed by atoms with Crippen molar-refractivity contribution in [3.8, 4) is 0 Å². The van der Waals surface area contributed by atoms with Gasteiger partial charge in [0.1, 0.15) is 6.10 Å². The van der Waals surface area contributed by atoms with Crippen LogP contribution in [0.2, 0.25) is 5.02 Å². The van der Waals surface area contributed by atoms with E-state index in [2.05, 4.69) is 45.4 Å². The minimum absolute atomic E-state index is 0.110. The lowest BCUT2D eigenvalue weighted by atomic mass is 9.98. The van der Waals surface area contributed by atoms with Crippen molar-refractivity contribution in [1.82, 2.24) is 34.6 Å². The normalized spacial score (nSPS) is 16.4. The SMILES string of the molecule is CC.CC1CNCCN1C(=O)OC1CCCCC1.Cc1cn(CCCN(C=O)Cc2cccnc2)cn1.Clc1ccc2c(c1)CCc1cccnc1C2. The van der Waals surface area contributed by atoms with Gasteiger partial charge in [-0.3, -0.25) is 14.8 Å². The first-order valence-electron chi connectivity index (χ1n) is 19.3. The fourth-order valence-electron chi connectivity index (χ4n) is 6.76. The minimum Gasteiger partial charge on any atom is -0.446 e. The molecule has 1 aromatic carbocycles. The summed E-state index contributed by atoms with van der Waals surface area (Å²) in [7, 11) is 0. The van der Waals surface area contributed by atoms with Crippen molar-refractivity contribution in [2.75, 3.05) is 26.2 Å². The number of ether oxygens (including phenoxy) is 1. The molecule has 286 valence electrons. The number of rotatable bonds is 8. The second-order valence-corrected chi connectivity index (χ2v) is 14.1. The third kappa shape index (κ3) is 13.9. The van der Waals surface area contributed by atoms with Crippen molar-refractivity contribution in [3.63, 3.8) is 0 Å². The van der Waals surface area contributed by atoms with E-state index < -0.39 is 0 Å². The summed E-state index contributed by atoms with van der Waals surface area (Å²) < 4.78 is 7.60. The van der Waals surface area contributed by atoms with E-state index in [0.717, 1.165) is 93.9 Å². The number of carbonyl (C=O) groups is 2. The van der Waals surface area contributed by atoms with Gasteiger partial charge in [0.15, 0.2) is 0 Å². The summed E-state index contributed by atoms with van der Waals surface area (Å²) in [4.78, 5) is 39.3.